The summed E-state index contributed by atoms with van der Waals surface area (Å²) >= 11 is 0. The first kappa shape index (κ1) is 71.1. The van der Waals surface area contributed by atoms with Gasteiger partial charge < -0.3 is 20.3 Å². The normalized spacial score (nSPS) is 12.8. The number of allylic oxidation sites excluding steroid dienone is 5. The topological polar surface area (TPSA) is 95.9 Å². The summed E-state index contributed by atoms with van der Waals surface area (Å²) in [6.45, 7) is 4.90. The first-order valence-electron chi connectivity index (χ1n) is 32.8. The first-order chi connectivity index (χ1) is 36.0. The van der Waals surface area contributed by atoms with Crippen molar-refractivity contribution in [3.05, 3.63) is 36.5 Å². The molecule has 0 bridgehead atoms. The quantitative estimate of drug-likeness (QED) is 0.0320. The van der Waals surface area contributed by atoms with Crippen LogP contribution in [0, 0.1) is 0 Å². The van der Waals surface area contributed by atoms with Gasteiger partial charge in [0.25, 0.3) is 0 Å². The fourth-order valence-electron chi connectivity index (χ4n) is 10.1. The van der Waals surface area contributed by atoms with E-state index in [1.165, 1.54) is 283 Å². The monoisotopic (exact) mass is 1030 g/mol. The van der Waals surface area contributed by atoms with Crippen LogP contribution >= 0.6 is 0 Å². The fraction of sp³-hybridized carbons (Fsp3) is 0.881. The van der Waals surface area contributed by atoms with E-state index >= 15 is 0 Å². The van der Waals surface area contributed by atoms with Crippen LogP contribution in [0.2, 0.25) is 0 Å². The van der Waals surface area contributed by atoms with Crippen LogP contribution in [0.1, 0.15) is 354 Å². The Balaban J connectivity index is 3.37. The SMILES string of the molecule is CCCCCCCCCCC/C=C/C(O)C(CO)NC(=O)CCCCCCCCCCCCCCCCCCC/C=C\C/C=C\CCCCCCCCCCCOC(=O)CCCCCCCCCCCCCC. The second-order valence-electron chi connectivity index (χ2n) is 22.5. The molecule has 0 aliphatic carbocycles. The van der Waals surface area contributed by atoms with Crippen molar-refractivity contribution < 1.29 is 24.5 Å². The van der Waals surface area contributed by atoms with E-state index in [1.807, 2.05) is 6.08 Å². The molecule has 0 saturated heterocycles. The number of unbranched alkanes of at least 4 members (excludes halogenated alkanes) is 46. The number of hydrogen-bond donors (Lipinski definition) is 3. The smallest absolute Gasteiger partial charge is 0.305 e. The number of ether oxygens (including phenoxy) is 1. The molecule has 3 N–H and O–H groups in total. The molecule has 0 fully saturated rings. The molecule has 2 unspecified atom stereocenters. The summed E-state index contributed by atoms with van der Waals surface area (Å²) in [5.41, 5.74) is 0. The molecular formula is C67H127NO5. The molecule has 2 atom stereocenters. The predicted octanol–water partition coefficient (Wildman–Crippen LogP) is 20.8. The van der Waals surface area contributed by atoms with Crippen LogP contribution in [0.15, 0.2) is 36.5 Å². The number of nitrogens with one attached hydrogen (secondary N) is 1. The van der Waals surface area contributed by atoms with Gasteiger partial charge in [0.05, 0.1) is 25.4 Å². The standard InChI is InChI=1S/C67H127NO5/c1-3-5-7-9-11-13-15-41-45-49-53-57-61-67(72)73-62-58-54-50-46-42-38-36-34-32-30-28-26-24-22-20-18-16-17-19-21-23-25-27-29-31-33-35-37-40-44-48-52-56-60-66(71)68-64(63-69)65(70)59-55-51-47-43-39-14-12-10-8-6-4-2/h20,22,26,28,55,59,64-65,69-70H,3-19,21,23-25,27,29-54,56-58,60-63H2,1-2H3,(H,68,71)/b22-20-,28-26-,59-55+. The van der Waals surface area contributed by atoms with Crippen molar-refractivity contribution in [3.63, 3.8) is 0 Å². The van der Waals surface area contributed by atoms with Gasteiger partial charge in [-0.25, -0.2) is 0 Å². The zero-order valence-electron chi connectivity index (χ0n) is 49.1. The highest BCUT2D eigenvalue weighted by molar-refractivity contribution is 5.76. The van der Waals surface area contributed by atoms with Gasteiger partial charge in [-0.1, -0.05) is 314 Å². The summed E-state index contributed by atoms with van der Waals surface area (Å²) in [7, 11) is 0. The summed E-state index contributed by atoms with van der Waals surface area (Å²) < 4.78 is 5.47. The summed E-state index contributed by atoms with van der Waals surface area (Å²) in [6, 6.07) is -0.625. The van der Waals surface area contributed by atoms with Crippen LogP contribution in [-0.4, -0.2) is 47.4 Å². The minimum Gasteiger partial charge on any atom is -0.466 e. The van der Waals surface area contributed by atoms with E-state index in [-0.39, 0.29) is 18.5 Å². The molecule has 430 valence electrons. The Labute approximate surface area is 455 Å². The Morgan fingerprint density at radius 2 is 0.685 bits per heavy atom. The molecule has 73 heavy (non-hydrogen) atoms. The number of carbonyl (C=O) groups excluding carboxylic acids is 2. The number of rotatable bonds is 61. The highest BCUT2D eigenvalue weighted by Gasteiger charge is 2.18. The first-order valence-corrected chi connectivity index (χ1v) is 32.8. The van der Waals surface area contributed by atoms with E-state index < -0.39 is 12.1 Å². The Morgan fingerprint density at radius 1 is 0.384 bits per heavy atom. The zero-order chi connectivity index (χ0) is 52.9. The van der Waals surface area contributed by atoms with E-state index in [4.69, 9.17) is 4.74 Å². The maximum atomic E-state index is 12.4. The van der Waals surface area contributed by atoms with E-state index in [0.717, 1.165) is 44.9 Å². The van der Waals surface area contributed by atoms with Gasteiger partial charge in [0, 0.05) is 12.8 Å². The number of esters is 1. The Hall–Kier alpha value is -1.92. The van der Waals surface area contributed by atoms with Crippen LogP contribution in [-0.2, 0) is 14.3 Å². The molecule has 0 aliphatic rings. The Kier molecular flexibility index (Phi) is 61.0. The molecular weight excluding hydrogens is 899 g/mol. The fourth-order valence-corrected chi connectivity index (χ4v) is 10.1. The van der Waals surface area contributed by atoms with Gasteiger partial charge in [-0.05, 0) is 64.2 Å². The van der Waals surface area contributed by atoms with Gasteiger partial charge in [-0.15, -0.1) is 0 Å². The average Bonchev–Trinajstić information content (AvgIpc) is 3.39. The number of aliphatic hydroxyl groups excluding tert-OH is 2. The highest BCUT2D eigenvalue weighted by Crippen LogP contribution is 2.17. The molecule has 6 nitrogen and oxygen atoms in total. The van der Waals surface area contributed by atoms with Gasteiger partial charge in [0.2, 0.25) is 5.91 Å². The highest BCUT2D eigenvalue weighted by atomic mass is 16.5. The molecule has 0 rings (SSSR count). The molecule has 0 radical (unpaired) electrons. The Bertz CT molecular complexity index is 1180. The third-order valence-corrected chi connectivity index (χ3v) is 15.2. The number of hydrogen-bond acceptors (Lipinski definition) is 5. The lowest BCUT2D eigenvalue weighted by Gasteiger charge is -2.20. The molecule has 0 heterocycles. The van der Waals surface area contributed by atoms with Crippen LogP contribution < -0.4 is 5.32 Å². The van der Waals surface area contributed by atoms with Gasteiger partial charge in [-0.2, -0.15) is 0 Å². The number of amides is 1. The minimum atomic E-state index is -0.841. The van der Waals surface area contributed by atoms with Gasteiger partial charge in [-0.3, -0.25) is 9.59 Å². The minimum absolute atomic E-state index is 0.0146. The largest absolute Gasteiger partial charge is 0.466 e. The van der Waals surface area contributed by atoms with Crippen molar-refractivity contribution in [3.8, 4) is 0 Å². The van der Waals surface area contributed by atoms with Crippen molar-refractivity contribution in [2.75, 3.05) is 13.2 Å². The maximum absolute atomic E-state index is 12.4. The molecule has 0 aromatic heterocycles. The van der Waals surface area contributed by atoms with Gasteiger partial charge in [0.1, 0.15) is 0 Å². The van der Waals surface area contributed by atoms with E-state index in [1.54, 1.807) is 6.08 Å². The van der Waals surface area contributed by atoms with E-state index in [0.29, 0.717) is 19.4 Å². The van der Waals surface area contributed by atoms with E-state index in [2.05, 4.69) is 43.5 Å². The van der Waals surface area contributed by atoms with Crippen LogP contribution in [0.5, 0.6) is 0 Å². The van der Waals surface area contributed by atoms with Crippen molar-refractivity contribution in [1.29, 1.82) is 0 Å². The predicted molar refractivity (Wildman–Crippen MR) is 319 cm³/mol. The molecule has 0 spiro atoms. The molecule has 1 amide bonds. The lowest BCUT2D eigenvalue weighted by molar-refractivity contribution is -0.143. The molecule has 6 heteroatoms. The number of carbonyl (C=O) groups is 2. The summed E-state index contributed by atoms with van der Waals surface area (Å²) in [5, 5.41) is 23.0. The third kappa shape index (κ3) is 59.2. The molecule has 0 aromatic carbocycles. The maximum Gasteiger partial charge on any atom is 0.305 e. The van der Waals surface area contributed by atoms with Crippen molar-refractivity contribution >= 4 is 11.9 Å². The van der Waals surface area contributed by atoms with Gasteiger partial charge >= 0.3 is 5.97 Å². The Morgan fingerprint density at radius 3 is 1.04 bits per heavy atom. The van der Waals surface area contributed by atoms with E-state index in [9.17, 15) is 19.8 Å². The lowest BCUT2D eigenvalue weighted by atomic mass is 10.0. The molecule has 0 saturated carbocycles. The zero-order valence-corrected chi connectivity index (χ0v) is 49.1. The van der Waals surface area contributed by atoms with Crippen LogP contribution in [0.25, 0.3) is 0 Å². The van der Waals surface area contributed by atoms with Gasteiger partial charge in [0.15, 0.2) is 0 Å². The van der Waals surface area contributed by atoms with Crippen LogP contribution in [0.4, 0.5) is 0 Å². The summed E-state index contributed by atoms with van der Waals surface area (Å²) in [4.78, 5) is 24.4. The third-order valence-electron chi connectivity index (χ3n) is 15.2. The van der Waals surface area contributed by atoms with Crippen molar-refractivity contribution in [2.45, 2.75) is 366 Å². The second kappa shape index (κ2) is 62.6. The lowest BCUT2D eigenvalue weighted by Crippen LogP contribution is -2.45. The summed E-state index contributed by atoms with van der Waals surface area (Å²) in [5.74, 6) is -0.0518. The molecule has 0 aromatic rings. The van der Waals surface area contributed by atoms with Crippen molar-refractivity contribution in [2.24, 2.45) is 0 Å². The second-order valence-corrected chi connectivity index (χ2v) is 22.5. The average molecular weight is 1030 g/mol. The number of aliphatic hydroxyl groups is 2. The van der Waals surface area contributed by atoms with Crippen molar-refractivity contribution in [1.82, 2.24) is 5.32 Å². The summed E-state index contributed by atoms with van der Waals surface area (Å²) in [6.07, 6.45) is 79.3. The van der Waals surface area contributed by atoms with Crippen LogP contribution in [0.3, 0.4) is 0 Å². The molecule has 0 aliphatic heterocycles.